The van der Waals surface area contributed by atoms with Crippen LogP contribution in [0, 0.1) is 0 Å². The molecule has 0 amide bonds. The van der Waals surface area contributed by atoms with Crippen molar-refractivity contribution >= 4 is 6.08 Å². The molecule has 80 valence electrons. The van der Waals surface area contributed by atoms with E-state index in [-0.39, 0.29) is 6.10 Å². The van der Waals surface area contributed by atoms with Crippen LogP contribution in [-0.4, -0.2) is 19.3 Å². The maximum Gasteiger partial charge on any atom is 0.104 e. The van der Waals surface area contributed by atoms with E-state index in [1.807, 2.05) is 18.2 Å². The molecule has 0 aromatic heterocycles. The number of benzene rings is 1. The SMILES string of the molecule is C=Cc1ccccc1C(C)OCC1CO1. The Balaban J connectivity index is 2.02. The average molecular weight is 204 g/mol. The van der Waals surface area contributed by atoms with Crippen molar-refractivity contribution in [2.45, 2.75) is 19.1 Å². The molecular formula is C13H16O2. The van der Waals surface area contributed by atoms with Crippen LogP contribution in [0.1, 0.15) is 24.2 Å². The maximum absolute atomic E-state index is 5.72. The highest BCUT2D eigenvalue weighted by Crippen LogP contribution is 2.23. The first-order valence-corrected chi connectivity index (χ1v) is 5.26. The summed E-state index contributed by atoms with van der Waals surface area (Å²) < 4.78 is 10.8. The van der Waals surface area contributed by atoms with E-state index >= 15 is 0 Å². The smallest absolute Gasteiger partial charge is 0.104 e. The third-order valence-electron chi connectivity index (χ3n) is 2.59. The molecule has 2 heteroatoms. The van der Waals surface area contributed by atoms with E-state index < -0.39 is 0 Å². The molecule has 1 aliphatic heterocycles. The second-order valence-corrected chi connectivity index (χ2v) is 3.76. The van der Waals surface area contributed by atoms with Crippen LogP contribution < -0.4 is 0 Å². The summed E-state index contributed by atoms with van der Waals surface area (Å²) in [4.78, 5) is 0. The molecular weight excluding hydrogens is 188 g/mol. The van der Waals surface area contributed by atoms with Gasteiger partial charge in [-0.25, -0.2) is 0 Å². The van der Waals surface area contributed by atoms with Crippen molar-refractivity contribution in [3.8, 4) is 0 Å². The zero-order chi connectivity index (χ0) is 10.7. The summed E-state index contributed by atoms with van der Waals surface area (Å²) in [7, 11) is 0. The lowest BCUT2D eigenvalue weighted by molar-refractivity contribution is 0.0538. The molecule has 1 aromatic rings. The van der Waals surface area contributed by atoms with Crippen molar-refractivity contribution in [3.63, 3.8) is 0 Å². The molecule has 1 saturated heterocycles. The van der Waals surface area contributed by atoms with Gasteiger partial charge in [0, 0.05) is 0 Å². The Bertz CT molecular complexity index is 342. The van der Waals surface area contributed by atoms with Crippen LogP contribution in [0.15, 0.2) is 30.8 Å². The molecule has 2 rings (SSSR count). The molecule has 2 atom stereocenters. The minimum absolute atomic E-state index is 0.100. The lowest BCUT2D eigenvalue weighted by Gasteiger charge is -2.15. The molecule has 0 spiro atoms. The lowest BCUT2D eigenvalue weighted by atomic mass is 10.0. The van der Waals surface area contributed by atoms with Crippen LogP contribution in [0.3, 0.4) is 0 Å². The quantitative estimate of drug-likeness (QED) is 0.688. The summed E-state index contributed by atoms with van der Waals surface area (Å²) >= 11 is 0. The monoisotopic (exact) mass is 204 g/mol. The van der Waals surface area contributed by atoms with Gasteiger partial charge in [0.1, 0.15) is 6.10 Å². The van der Waals surface area contributed by atoms with E-state index in [0.717, 1.165) is 12.2 Å². The standard InChI is InChI=1S/C13H16O2/c1-3-11-6-4-5-7-13(11)10(2)14-8-12-9-15-12/h3-7,10,12H,1,8-9H2,2H3. The van der Waals surface area contributed by atoms with Crippen molar-refractivity contribution < 1.29 is 9.47 Å². The summed E-state index contributed by atoms with van der Waals surface area (Å²) in [6, 6.07) is 8.16. The van der Waals surface area contributed by atoms with Gasteiger partial charge in [0.05, 0.1) is 19.3 Å². The normalized spacial score (nSPS) is 21.0. The second-order valence-electron chi connectivity index (χ2n) is 3.76. The third-order valence-corrected chi connectivity index (χ3v) is 2.59. The van der Waals surface area contributed by atoms with Gasteiger partial charge in [-0.05, 0) is 18.1 Å². The van der Waals surface area contributed by atoms with Crippen LogP contribution in [-0.2, 0) is 9.47 Å². The Morgan fingerprint density at radius 3 is 3.00 bits per heavy atom. The van der Waals surface area contributed by atoms with E-state index in [1.54, 1.807) is 0 Å². The van der Waals surface area contributed by atoms with Gasteiger partial charge in [-0.15, -0.1) is 0 Å². The van der Waals surface area contributed by atoms with Crippen LogP contribution in [0.25, 0.3) is 6.08 Å². The zero-order valence-corrected chi connectivity index (χ0v) is 8.98. The fraction of sp³-hybridized carbons (Fsp3) is 0.385. The Kier molecular flexibility index (Phi) is 3.19. The topological polar surface area (TPSA) is 21.8 Å². The molecule has 0 radical (unpaired) electrons. The summed E-state index contributed by atoms with van der Waals surface area (Å²) in [6.45, 7) is 7.39. The van der Waals surface area contributed by atoms with E-state index in [2.05, 4.69) is 25.6 Å². The van der Waals surface area contributed by atoms with E-state index in [1.165, 1.54) is 5.56 Å². The molecule has 0 aliphatic carbocycles. The number of epoxide rings is 1. The van der Waals surface area contributed by atoms with Gasteiger partial charge in [-0.1, -0.05) is 36.9 Å². The van der Waals surface area contributed by atoms with Gasteiger partial charge in [-0.2, -0.15) is 0 Å². The molecule has 1 aliphatic rings. The molecule has 2 unspecified atom stereocenters. The third kappa shape index (κ3) is 2.67. The van der Waals surface area contributed by atoms with Crippen LogP contribution in [0.4, 0.5) is 0 Å². The second kappa shape index (κ2) is 4.60. The average Bonchev–Trinajstić information content (AvgIpc) is 3.09. The molecule has 2 nitrogen and oxygen atoms in total. The molecule has 15 heavy (non-hydrogen) atoms. The van der Waals surface area contributed by atoms with Crippen molar-refractivity contribution in [1.82, 2.24) is 0 Å². The van der Waals surface area contributed by atoms with Crippen LogP contribution in [0.5, 0.6) is 0 Å². The first-order valence-electron chi connectivity index (χ1n) is 5.26. The lowest BCUT2D eigenvalue weighted by Crippen LogP contribution is -2.07. The van der Waals surface area contributed by atoms with Crippen molar-refractivity contribution in [2.75, 3.05) is 13.2 Å². The first-order chi connectivity index (χ1) is 7.31. The fourth-order valence-corrected chi connectivity index (χ4v) is 1.57. The van der Waals surface area contributed by atoms with Crippen molar-refractivity contribution in [1.29, 1.82) is 0 Å². The van der Waals surface area contributed by atoms with E-state index in [4.69, 9.17) is 9.47 Å². The largest absolute Gasteiger partial charge is 0.371 e. The number of ether oxygens (including phenoxy) is 2. The van der Waals surface area contributed by atoms with Gasteiger partial charge in [-0.3, -0.25) is 0 Å². The Hall–Kier alpha value is -1.12. The zero-order valence-electron chi connectivity index (χ0n) is 8.98. The summed E-state index contributed by atoms with van der Waals surface area (Å²) in [5.74, 6) is 0. The van der Waals surface area contributed by atoms with Crippen LogP contribution >= 0.6 is 0 Å². The summed E-state index contributed by atoms with van der Waals surface area (Å²) in [5.41, 5.74) is 2.33. The molecule has 0 N–H and O–H groups in total. The Morgan fingerprint density at radius 1 is 1.60 bits per heavy atom. The van der Waals surface area contributed by atoms with Gasteiger partial charge in [0.25, 0.3) is 0 Å². The van der Waals surface area contributed by atoms with E-state index in [0.29, 0.717) is 12.7 Å². The first kappa shape index (κ1) is 10.4. The van der Waals surface area contributed by atoms with Crippen molar-refractivity contribution in [3.05, 3.63) is 42.0 Å². The van der Waals surface area contributed by atoms with Crippen molar-refractivity contribution in [2.24, 2.45) is 0 Å². The van der Waals surface area contributed by atoms with Gasteiger partial charge in [0.15, 0.2) is 0 Å². The molecule has 0 saturated carbocycles. The Labute approximate surface area is 90.5 Å². The predicted octanol–water partition coefficient (Wildman–Crippen LogP) is 2.81. The fourth-order valence-electron chi connectivity index (χ4n) is 1.57. The highest BCUT2D eigenvalue weighted by Gasteiger charge is 2.23. The molecule has 0 bridgehead atoms. The van der Waals surface area contributed by atoms with Gasteiger partial charge < -0.3 is 9.47 Å². The molecule has 1 fully saturated rings. The summed E-state index contributed by atoms with van der Waals surface area (Å²) in [5, 5.41) is 0. The van der Waals surface area contributed by atoms with Crippen LogP contribution in [0.2, 0.25) is 0 Å². The Morgan fingerprint density at radius 2 is 2.33 bits per heavy atom. The van der Waals surface area contributed by atoms with Gasteiger partial charge in [0.2, 0.25) is 0 Å². The molecule has 1 aromatic carbocycles. The van der Waals surface area contributed by atoms with Gasteiger partial charge >= 0.3 is 0 Å². The maximum atomic E-state index is 5.72. The summed E-state index contributed by atoms with van der Waals surface area (Å²) in [6.07, 6.45) is 2.29. The number of hydrogen-bond donors (Lipinski definition) is 0. The van der Waals surface area contributed by atoms with E-state index in [9.17, 15) is 0 Å². The number of rotatable bonds is 5. The minimum Gasteiger partial charge on any atom is -0.371 e. The highest BCUT2D eigenvalue weighted by molar-refractivity contribution is 5.52. The highest BCUT2D eigenvalue weighted by atomic mass is 16.6. The minimum atomic E-state index is 0.100. The number of hydrogen-bond acceptors (Lipinski definition) is 2. The molecule has 1 heterocycles. The predicted molar refractivity (Wildman–Crippen MR) is 60.6 cm³/mol.